The summed E-state index contributed by atoms with van der Waals surface area (Å²) in [6, 6.07) is 6.18. The molecule has 0 unspecified atom stereocenters. The first-order valence-corrected chi connectivity index (χ1v) is 6.59. The normalized spacial score (nSPS) is 10.4. The summed E-state index contributed by atoms with van der Waals surface area (Å²) in [5.74, 6) is -3.34. The lowest BCUT2D eigenvalue weighted by molar-refractivity contribution is 0.498. The van der Waals surface area contributed by atoms with Gasteiger partial charge in [-0.25, -0.2) is 13.2 Å². The van der Waals surface area contributed by atoms with Gasteiger partial charge in [0.25, 0.3) is 0 Å². The summed E-state index contributed by atoms with van der Waals surface area (Å²) < 4.78 is 40.6. The van der Waals surface area contributed by atoms with E-state index in [2.05, 4.69) is 21.2 Å². The minimum absolute atomic E-state index is 0.0751. The van der Waals surface area contributed by atoms with Gasteiger partial charge in [-0.2, -0.15) is 0 Å². The molecule has 0 spiro atoms. The molecule has 2 rings (SSSR count). The van der Waals surface area contributed by atoms with E-state index in [0.29, 0.717) is 17.3 Å². The topological polar surface area (TPSA) is 38.0 Å². The lowest BCUT2D eigenvalue weighted by Gasteiger charge is -2.13. The average molecular weight is 361 g/mol. The van der Waals surface area contributed by atoms with E-state index in [9.17, 15) is 13.2 Å². The summed E-state index contributed by atoms with van der Waals surface area (Å²) in [7, 11) is 0. The molecule has 2 aromatic carbocycles. The third-order valence-electron chi connectivity index (χ3n) is 2.51. The number of thiocarbonyl (C=S) groups is 1. The van der Waals surface area contributed by atoms with Crippen LogP contribution in [0, 0.1) is 17.5 Å². The van der Waals surface area contributed by atoms with Crippen molar-refractivity contribution >= 4 is 44.5 Å². The van der Waals surface area contributed by atoms with E-state index in [1.54, 1.807) is 18.2 Å². The Morgan fingerprint density at radius 3 is 2.45 bits per heavy atom. The minimum atomic E-state index is -1.28. The molecule has 0 amide bonds. The molecular weight excluding hydrogens is 353 g/mol. The minimum Gasteiger partial charge on any atom is -0.389 e. The van der Waals surface area contributed by atoms with Crippen molar-refractivity contribution in [2.24, 2.45) is 5.73 Å². The van der Waals surface area contributed by atoms with Crippen molar-refractivity contribution in [2.45, 2.75) is 0 Å². The summed E-state index contributed by atoms with van der Waals surface area (Å²) in [6.07, 6.45) is 0. The molecule has 0 saturated heterocycles. The van der Waals surface area contributed by atoms with E-state index in [-0.39, 0.29) is 10.7 Å². The van der Waals surface area contributed by atoms with Crippen molar-refractivity contribution in [3.63, 3.8) is 0 Å². The number of nitrogens with two attached hydrogens (primary N) is 1. The van der Waals surface area contributed by atoms with Crippen molar-refractivity contribution in [3.8, 4) is 0 Å². The molecular formula is C13H8BrF3N2S. The molecule has 104 valence electrons. The maximum Gasteiger partial charge on any atom is 0.182 e. The number of hydrogen-bond acceptors (Lipinski definition) is 2. The third-order valence-corrected chi connectivity index (χ3v) is 3.22. The Morgan fingerprint density at radius 2 is 1.80 bits per heavy atom. The van der Waals surface area contributed by atoms with Crippen molar-refractivity contribution in [1.82, 2.24) is 0 Å². The highest BCUT2D eigenvalue weighted by Gasteiger charge is 2.13. The number of halogens is 4. The van der Waals surface area contributed by atoms with Crippen LogP contribution in [0.1, 0.15) is 5.56 Å². The summed E-state index contributed by atoms with van der Waals surface area (Å²) in [6.45, 7) is 0. The molecule has 0 atom stereocenters. The van der Waals surface area contributed by atoms with E-state index < -0.39 is 17.5 Å². The maximum atomic E-state index is 13.6. The molecule has 2 nitrogen and oxygen atoms in total. The number of rotatable bonds is 3. The lowest BCUT2D eigenvalue weighted by Crippen LogP contribution is -2.12. The van der Waals surface area contributed by atoms with Gasteiger partial charge in [0, 0.05) is 27.9 Å². The Hall–Kier alpha value is -1.60. The maximum absolute atomic E-state index is 13.6. The van der Waals surface area contributed by atoms with Gasteiger partial charge in [-0.05, 0) is 18.2 Å². The van der Waals surface area contributed by atoms with E-state index in [4.69, 9.17) is 18.0 Å². The first-order chi connectivity index (χ1) is 9.38. The highest BCUT2D eigenvalue weighted by Crippen LogP contribution is 2.27. The van der Waals surface area contributed by atoms with Crippen LogP contribution in [0.5, 0.6) is 0 Å². The van der Waals surface area contributed by atoms with Crippen LogP contribution in [0.15, 0.2) is 34.8 Å². The van der Waals surface area contributed by atoms with Crippen LogP contribution in [0.2, 0.25) is 0 Å². The fraction of sp³-hybridized carbons (Fsp3) is 0. The molecule has 0 saturated carbocycles. The molecule has 0 heterocycles. The second kappa shape index (κ2) is 5.80. The average Bonchev–Trinajstić information content (AvgIpc) is 2.37. The molecule has 0 aliphatic heterocycles. The third kappa shape index (κ3) is 3.10. The molecule has 0 aliphatic rings. The molecule has 3 N–H and O–H groups in total. The van der Waals surface area contributed by atoms with Gasteiger partial charge in [-0.15, -0.1) is 0 Å². The van der Waals surface area contributed by atoms with Crippen LogP contribution in [0.4, 0.5) is 24.5 Å². The van der Waals surface area contributed by atoms with E-state index >= 15 is 0 Å². The van der Waals surface area contributed by atoms with Gasteiger partial charge >= 0.3 is 0 Å². The van der Waals surface area contributed by atoms with Crippen molar-refractivity contribution in [1.29, 1.82) is 0 Å². The predicted molar refractivity (Wildman–Crippen MR) is 79.6 cm³/mol. The van der Waals surface area contributed by atoms with Gasteiger partial charge in [-0.3, -0.25) is 0 Å². The van der Waals surface area contributed by atoms with Gasteiger partial charge in [-0.1, -0.05) is 28.1 Å². The van der Waals surface area contributed by atoms with E-state index in [1.807, 2.05) is 0 Å². The van der Waals surface area contributed by atoms with Crippen molar-refractivity contribution in [2.75, 3.05) is 5.32 Å². The van der Waals surface area contributed by atoms with E-state index in [0.717, 1.165) is 10.5 Å². The molecule has 2 aromatic rings. The van der Waals surface area contributed by atoms with Gasteiger partial charge in [0.2, 0.25) is 0 Å². The Balaban J connectivity index is 2.48. The standard InChI is InChI=1S/C13H8BrF3N2S/c14-6-1-2-10(8(3-6)13(18)20)19-11-5-7(15)4-9(16)12(11)17/h1-5,19H,(H2,18,20). The van der Waals surface area contributed by atoms with Gasteiger partial charge in [0.15, 0.2) is 11.6 Å². The van der Waals surface area contributed by atoms with Crippen LogP contribution in [-0.2, 0) is 0 Å². The first kappa shape index (κ1) is 14.8. The fourth-order valence-corrected chi connectivity index (χ4v) is 2.15. The molecule has 0 fully saturated rings. The highest BCUT2D eigenvalue weighted by molar-refractivity contribution is 9.10. The Labute approximate surface area is 126 Å². The van der Waals surface area contributed by atoms with Crippen molar-refractivity contribution < 1.29 is 13.2 Å². The first-order valence-electron chi connectivity index (χ1n) is 5.39. The van der Waals surface area contributed by atoms with Gasteiger partial charge in [0.05, 0.1) is 5.69 Å². The van der Waals surface area contributed by atoms with Crippen LogP contribution in [0.3, 0.4) is 0 Å². The molecule has 0 aliphatic carbocycles. The molecule has 7 heteroatoms. The van der Waals surface area contributed by atoms with Crippen LogP contribution in [-0.4, -0.2) is 4.99 Å². The van der Waals surface area contributed by atoms with Crippen LogP contribution < -0.4 is 11.1 Å². The van der Waals surface area contributed by atoms with Crippen LogP contribution in [0.25, 0.3) is 0 Å². The quantitative estimate of drug-likeness (QED) is 0.634. The molecule has 0 radical (unpaired) electrons. The zero-order valence-electron chi connectivity index (χ0n) is 9.88. The largest absolute Gasteiger partial charge is 0.389 e. The van der Waals surface area contributed by atoms with Crippen LogP contribution >= 0.6 is 28.1 Å². The Bertz CT molecular complexity index is 692. The molecule has 0 aromatic heterocycles. The Morgan fingerprint density at radius 1 is 1.10 bits per heavy atom. The summed E-state index contributed by atoms with van der Waals surface area (Å²) >= 11 is 8.14. The number of anilines is 2. The van der Waals surface area contributed by atoms with E-state index in [1.165, 1.54) is 0 Å². The number of hydrogen-bond donors (Lipinski definition) is 2. The monoisotopic (exact) mass is 360 g/mol. The van der Waals surface area contributed by atoms with Gasteiger partial charge < -0.3 is 11.1 Å². The highest BCUT2D eigenvalue weighted by atomic mass is 79.9. The summed E-state index contributed by atoms with van der Waals surface area (Å²) in [5.41, 5.74) is 6.01. The Kier molecular flexibility index (Phi) is 4.29. The lowest BCUT2D eigenvalue weighted by atomic mass is 10.1. The molecule has 20 heavy (non-hydrogen) atoms. The smallest absolute Gasteiger partial charge is 0.182 e. The zero-order valence-corrected chi connectivity index (χ0v) is 12.3. The zero-order chi connectivity index (χ0) is 14.9. The van der Waals surface area contributed by atoms with Crippen molar-refractivity contribution in [3.05, 3.63) is 57.8 Å². The van der Waals surface area contributed by atoms with Gasteiger partial charge in [0.1, 0.15) is 10.8 Å². The second-order valence-corrected chi connectivity index (χ2v) is 5.28. The second-order valence-electron chi connectivity index (χ2n) is 3.93. The summed E-state index contributed by atoms with van der Waals surface area (Å²) in [5, 5.41) is 2.59. The summed E-state index contributed by atoms with van der Waals surface area (Å²) in [4.78, 5) is 0.0751. The number of nitrogens with one attached hydrogen (secondary N) is 1. The fourth-order valence-electron chi connectivity index (χ4n) is 1.62. The number of benzene rings is 2. The SMILES string of the molecule is NC(=S)c1cc(Br)ccc1Nc1cc(F)cc(F)c1F. The predicted octanol–water partition coefficient (Wildman–Crippen LogP) is 4.24. The molecule has 0 bridgehead atoms.